The summed E-state index contributed by atoms with van der Waals surface area (Å²) in [6.07, 6.45) is 2.14. The summed E-state index contributed by atoms with van der Waals surface area (Å²) in [4.78, 5) is 40.8. The van der Waals surface area contributed by atoms with Gasteiger partial charge in [-0.3, -0.25) is 14.6 Å². The van der Waals surface area contributed by atoms with Gasteiger partial charge in [0.25, 0.3) is 0 Å². The van der Waals surface area contributed by atoms with E-state index in [1.54, 1.807) is 49.4 Å². The molecule has 0 bridgehead atoms. The van der Waals surface area contributed by atoms with Crippen LogP contribution in [0.15, 0.2) is 53.5 Å². The van der Waals surface area contributed by atoms with Gasteiger partial charge in [-0.15, -0.1) is 0 Å². The molecule has 0 aliphatic carbocycles. The highest BCUT2D eigenvalue weighted by Crippen LogP contribution is 2.32. The quantitative estimate of drug-likeness (QED) is 0.252. The van der Waals surface area contributed by atoms with Gasteiger partial charge >= 0.3 is 11.9 Å². The molecule has 1 unspecified atom stereocenters. The van der Waals surface area contributed by atoms with Crippen molar-refractivity contribution in [2.75, 3.05) is 13.7 Å². The molecule has 0 fully saturated rings. The predicted octanol–water partition coefficient (Wildman–Crippen LogP) is 4.17. The lowest BCUT2D eigenvalue weighted by Crippen LogP contribution is -2.27. The summed E-state index contributed by atoms with van der Waals surface area (Å²) < 4.78 is 15.7. The number of carbonyl (C=O) groups is 3. The SMILES string of the molecule is CCCC(=O)C(C=Nc1ccc(OC(=O)c2ccccc2)cc1OC)C(=O)OCC. The molecule has 30 heavy (non-hydrogen) atoms. The summed E-state index contributed by atoms with van der Waals surface area (Å²) in [5, 5.41) is 0. The van der Waals surface area contributed by atoms with Crippen molar-refractivity contribution in [2.24, 2.45) is 10.9 Å². The second kappa shape index (κ2) is 11.5. The van der Waals surface area contributed by atoms with Crippen LogP contribution in [0.4, 0.5) is 5.69 Å². The highest BCUT2D eigenvalue weighted by Gasteiger charge is 2.25. The van der Waals surface area contributed by atoms with Gasteiger partial charge in [0.15, 0.2) is 11.7 Å². The average Bonchev–Trinajstić information content (AvgIpc) is 2.75. The lowest BCUT2D eigenvalue weighted by Gasteiger charge is -2.11. The summed E-state index contributed by atoms with van der Waals surface area (Å²) in [5.74, 6) is -1.86. The fraction of sp³-hybridized carbons (Fsp3) is 0.304. The zero-order chi connectivity index (χ0) is 21.9. The molecule has 0 heterocycles. The van der Waals surface area contributed by atoms with E-state index in [9.17, 15) is 14.4 Å². The Balaban J connectivity index is 2.21. The van der Waals surface area contributed by atoms with Crippen LogP contribution in [-0.2, 0) is 14.3 Å². The van der Waals surface area contributed by atoms with E-state index in [-0.39, 0.29) is 24.6 Å². The third-order valence-corrected chi connectivity index (χ3v) is 4.12. The Morgan fingerprint density at radius 1 is 1.07 bits per heavy atom. The van der Waals surface area contributed by atoms with E-state index in [1.165, 1.54) is 19.4 Å². The summed E-state index contributed by atoms with van der Waals surface area (Å²) in [7, 11) is 1.45. The van der Waals surface area contributed by atoms with Gasteiger partial charge in [0, 0.05) is 18.7 Å². The maximum absolute atomic E-state index is 12.3. The van der Waals surface area contributed by atoms with Crippen LogP contribution < -0.4 is 9.47 Å². The Morgan fingerprint density at radius 2 is 1.80 bits per heavy atom. The van der Waals surface area contributed by atoms with E-state index >= 15 is 0 Å². The van der Waals surface area contributed by atoms with E-state index < -0.39 is 17.9 Å². The molecule has 0 spiro atoms. The van der Waals surface area contributed by atoms with Gasteiger partial charge in [0.05, 0.1) is 19.3 Å². The maximum atomic E-state index is 12.3. The molecule has 7 heteroatoms. The molecule has 2 rings (SSSR count). The van der Waals surface area contributed by atoms with Gasteiger partial charge in [0.1, 0.15) is 17.2 Å². The molecule has 7 nitrogen and oxygen atoms in total. The zero-order valence-electron chi connectivity index (χ0n) is 17.3. The van der Waals surface area contributed by atoms with Crippen LogP contribution in [0.1, 0.15) is 37.0 Å². The Kier molecular flexibility index (Phi) is 8.75. The third-order valence-electron chi connectivity index (χ3n) is 4.12. The van der Waals surface area contributed by atoms with Gasteiger partial charge in [-0.2, -0.15) is 0 Å². The number of Topliss-reactive ketones (excluding diaryl/α,β-unsaturated/α-hetero) is 1. The smallest absolute Gasteiger partial charge is 0.343 e. The molecule has 0 saturated carbocycles. The Morgan fingerprint density at radius 3 is 2.43 bits per heavy atom. The van der Waals surface area contributed by atoms with Crippen molar-refractivity contribution in [1.82, 2.24) is 0 Å². The average molecular weight is 411 g/mol. The topological polar surface area (TPSA) is 91.3 Å². The zero-order valence-corrected chi connectivity index (χ0v) is 17.3. The first-order valence-corrected chi connectivity index (χ1v) is 9.68. The molecule has 0 aliphatic heterocycles. The molecule has 0 radical (unpaired) electrons. The second-order valence-electron chi connectivity index (χ2n) is 6.31. The van der Waals surface area contributed by atoms with Crippen LogP contribution in [0, 0.1) is 5.92 Å². The number of nitrogens with zero attached hydrogens (tertiary/aromatic N) is 1. The number of carbonyl (C=O) groups excluding carboxylic acids is 3. The predicted molar refractivity (Wildman–Crippen MR) is 113 cm³/mol. The van der Waals surface area contributed by atoms with Gasteiger partial charge in [-0.05, 0) is 37.6 Å². The molecule has 2 aromatic carbocycles. The number of esters is 2. The van der Waals surface area contributed by atoms with Crippen LogP contribution in [0.25, 0.3) is 0 Å². The van der Waals surface area contributed by atoms with E-state index in [0.29, 0.717) is 23.4 Å². The first-order valence-electron chi connectivity index (χ1n) is 9.68. The van der Waals surface area contributed by atoms with Crippen LogP contribution >= 0.6 is 0 Å². The molecule has 0 N–H and O–H groups in total. The highest BCUT2D eigenvalue weighted by atomic mass is 16.5. The fourth-order valence-electron chi connectivity index (χ4n) is 2.63. The summed E-state index contributed by atoms with van der Waals surface area (Å²) in [5.41, 5.74) is 0.806. The van der Waals surface area contributed by atoms with Gasteiger partial charge in [0.2, 0.25) is 0 Å². The van der Waals surface area contributed by atoms with Crippen molar-refractivity contribution in [2.45, 2.75) is 26.7 Å². The van der Waals surface area contributed by atoms with Crippen LogP contribution in [0.5, 0.6) is 11.5 Å². The minimum atomic E-state index is -1.08. The van der Waals surface area contributed by atoms with Crippen LogP contribution in [0.2, 0.25) is 0 Å². The molecule has 0 amide bonds. The summed E-state index contributed by atoms with van der Waals surface area (Å²) in [6, 6.07) is 13.3. The van der Waals surface area contributed by atoms with Gasteiger partial charge in [-0.1, -0.05) is 25.1 Å². The van der Waals surface area contributed by atoms with Crippen molar-refractivity contribution in [3.05, 3.63) is 54.1 Å². The lowest BCUT2D eigenvalue weighted by molar-refractivity contribution is -0.148. The van der Waals surface area contributed by atoms with Crippen molar-refractivity contribution in [1.29, 1.82) is 0 Å². The van der Waals surface area contributed by atoms with E-state index in [2.05, 4.69) is 4.99 Å². The number of ketones is 1. The standard InChI is InChI=1S/C23H25NO6/c1-4-9-20(25)18(23(27)29-5-2)15-24-19-13-12-17(14-21(19)28-3)30-22(26)16-10-7-6-8-11-16/h6-8,10-15,18H,4-5,9H2,1-3H3. The minimum absolute atomic E-state index is 0.174. The molecule has 0 saturated heterocycles. The highest BCUT2D eigenvalue weighted by molar-refractivity contribution is 6.12. The third kappa shape index (κ3) is 6.27. The molecular weight excluding hydrogens is 386 g/mol. The number of benzene rings is 2. The number of hydrogen-bond donors (Lipinski definition) is 0. The summed E-state index contributed by atoms with van der Waals surface area (Å²) >= 11 is 0. The largest absolute Gasteiger partial charge is 0.494 e. The monoisotopic (exact) mass is 411 g/mol. The fourth-order valence-corrected chi connectivity index (χ4v) is 2.63. The van der Waals surface area contributed by atoms with Crippen LogP contribution in [-0.4, -0.2) is 37.7 Å². The minimum Gasteiger partial charge on any atom is -0.494 e. The Bertz CT molecular complexity index is 889. The molecular formula is C23H25NO6. The van der Waals surface area contributed by atoms with E-state index in [1.807, 2.05) is 6.92 Å². The van der Waals surface area contributed by atoms with Crippen molar-refractivity contribution in [3.8, 4) is 11.5 Å². The first-order chi connectivity index (χ1) is 14.5. The second-order valence-corrected chi connectivity index (χ2v) is 6.31. The number of aliphatic imine (C=N–C) groups is 1. The number of ether oxygens (including phenoxy) is 3. The lowest BCUT2D eigenvalue weighted by atomic mass is 10.0. The Hall–Kier alpha value is -3.48. The van der Waals surface area contributed by atoms with Crippen molar-refractivity contribution in [3.63, 3.8) is 0 Å². The van der Waals surface area contributed by atoms with Gasteiger partial charge < -0.3 is 14.2 Å². The number of hydrogen-bond acceptors (Lipinski definition) is 7. The number of rotatable bonds is 10. The number of methoxy groups -OCH3 is 1. The molecule has 158 valence electrons. The first kappa shape index (κ1) is 22.8. The van der Waals surface area contributed by atoms with E-state index in [4.69, 9.17) is 14.2 Å². The van der Waals surface area contributed by atoms with Gasteiger partial charge in [-0.25, -0.2) is 4.79 Å². The molecule has 1 atom stereocenters. The molecule has 2 aromatic rings. The summed E-state index contributed by atoms with van der Waals surface area (Å²) in [6.45, 7) is 3.71. The van der Waals surface area contributed by atoms with E-state index in [0.717, 1.165) is 0 Å². The van der Waals surface area contributed by atoms with Crippen molar-refractivity contribution < 1.29 is 28.6 Å². The van der Waals surface area contributed by atoms with Crippen LogP contribution in [0.3, 0.4) is 0 Å². The van der Waals surface area contributed by atoms with Crippen molar-refractivity contribution >= 4 is 29.6 Å². The normalized spacial score (nSPS) is 11.7. The molecule has 0 aliphatic rings. The maximum Gasteiger partial charge on any atom is 0.343 e. The Labute approximate surface area is 175 Å². The molecule has 0 aromatic heterocycles.